The molecular formula is C11H13NO2S. The minimum atomic E-state index is 0.140. The average Bonchev–Trinajstić information content (AvgIpc) is 2.71. The average molecular weight is 223 g/mol. The number of carbonyl (C=O) groups is 2. The standard InChI is InChI=1S/C11H13NO2S/c13-10-1-4-12(5-2-10)11(14)7-9-3-6-15-8-9/h3,6,8H,1-2,4-5,7H2. The van der Waals surface area contributed by atoms with E-state index in [0.717, 1.165) is 5.56 Å². The maximum atomic E-state index is 11.8. The molecule has 0 spiro atoms. The molecule has 0 saturated carbocycles. The first-order chi connectivity index (χ1) is 7.25. The van der Waals surface area contributed by atoms with Crippen LogP contribution in [0.3, 0.4) is 0 Å². The van der Waals surface area contributed by atoms with Gasteiger partial charge in [0.2, 0.25) is 5.91 Å². The van der Waals surface area contributed by atoms with Crippen molar-refractivity contribution in [3.8, 4) is 0 Å². The molecule has 80 valence electrons. The summed E-state index contributed by atoms with van der Waals surface area (Å²) < 4.78 is 0. The van der Waals surface area contributed by atoms with E-state index in [0.29, 0.717) is 32.4 Å². The van der Waals surface area contributed by atoms with Gasteiger partial charge >= 0.3 is 0 Å². The summed E-state index contributed by atoms with van der Waals surface area (Å²) in [5.74, 6) is 0.412. The Hall–Kier alpha value is -1.16. The fourth-order valence-electron chi connectivity index (χ4n) is 1.69. The molecule has 0 atom stereocenters. The maximum Gasteiger partial charge on any atom is 0.227 e. The lowest BCUT2D eigenvalue weighted by molar-refractivity contribution is -0.133. The molecular weight excluding hydrogens is 210 g/mol. The van der Waals surface area contributed by atoms with Crippen molar-refractivity contribution in [2.24, 2.45) is 0 Å². The zero-order valence-corrected chi connectivity index (χ0v) is 9.26. The van der Waals surface area contributed by atoms with Crippen LogP contribution < -0.4 is 0 Å². The lowest BCUT2D eigenvalue weighted by Crippen LogP contribution is -2.39. The first-order valence-corrected chi connectivity index (χ1v) is 6.00. The zero-order chi connectivity index (χ0) is 10.7. The number of rotatable bonds is 2. The molecule has 2 heterocycles. The third-order valence-electron chi connectivity index (χ3n) is 2.61. The summed E-state index contributed by atoms with van der Waals surface area (Å²) in [6.45, 7) is 1.20. The Kier molecular flexibility index (Phi) is 3.16. The first-order valence-electron chi connectivity index (χ1n) is 5.06. The summed E-state index contributed by atoms with van der Waals surface area (Å²) >= 11 is 1.60. The van der Waals surface area contributed by atoms with Gasteiger partial charge in [-0.2, -0.15) is 11.3 Å². The van der Waals surface area contributed by atoms with Crippen LogP contribution in [0.4, 0.5) is 0 Å². The number of piperidine rings is 1. The second-order valence-electron chi connectivity index (χ2n) is 3.73. The molecule has 1 fully saturated rings. The molecule has 1 aromatic heterocycles. The number of carbonyl (C=O) groups excluding carboxylic acids is 2. The normalized spacial score (nSPS) is 16.8. The highest BCUT2D eigenvalue weighted by Crippen LogP contribution is 2.11. The smallest absolute Gasteiger partial charge is 0.227 e. The zero-order valence-electron chi connectivity index (χ0n) is 8.44. The van der Waals surface area contributed by atoms with E-state index in [2.05, 4.69) is 0 Å². The lowest BCUT2D eigenvalue weighted by atomic mass is 10.1. The number of amides is 1. The van der Waals surface area contributed by atoms with Gasteiger partial charge < -0.3 is 4.90 Å². The number of hydrogen-bond donors (Lipinski definition) is 0. The molecule has 4 heteroatoms. The summed E-state index contributed by atoms with van der Waals surface area (Å²) in [4.78, 5) is 24.6. The minimum Gasteiger partial charge on any atom is -0.342 e. The van der Waals surface area contributed by atoms with Gasteiger partial charge in [0.05, 0.1) is 6.42 Å². The van der Waals surface area contributed by atoms with Crippen molar-refractivity contribution in [1.82, 2.24) is 4.90 Å². The molecule has 0 N–H and O–H groups in total. The largest absolute Gasteiger partial charge is 0.342 e. The Morgan fingerprint density at radius 2 is 2.13 bits per heavy atom. The molecule has 0 aliphatic carbocycles. The third-order valence-corrected chi connectivity index (χ3v) is 3.34. The molecule has 0 radical (unpaired) electrons. The van der Waals surface area contributed by atoms with Crippen LogP contribution in [0.25, 0.3) is 0 Å². The van der Waals surface area contributed by atoms with Crippen LogP contribution >= 0.6 is 11.3 Å². The first kappa shape index (κ1) is 10.4. The highest BCUT2D eigenvalue weighted by Gasteiger charge is 2.20. The van der Waals surface area contributed by atoms with E-state index in [1.165, 1.54) is 0 Å². The van der Waals surface area contributed by atoms with E-state index >= 15 is 0 Å². The van der Waals surface area contributed by atoms with Crippen LogP contribution in [-0.2, 0) is 16.0 Å². The van der Waals surface area contributed by atoms with Crippen LogP contribution in [0.2, 0.25) is 0 Å². The Morgan fingerprint density at radius 1 is 1.40 bits per heavy atom. The summed E-state index contributed by atoms with van der Waals surface area (Å²) in [5, 5.41) is 3.97. The monoisotopic (exact) mass is 223 g/mol. The SMILES string of the molecule is O=C1CCN(C(=O)Cc2ccsc2)CC1. The second-order valence-corrected chi connectivity index (χ2v) is 4.51. The molecule has 15 heavy (non-hydrogen) atoms. The summed E-state index contributed by atoms with van der Waals surface area (Å²) in [5.41, 5.74) is 1.07. The molecule has 0 bridgehead atoms. The Labute approximate surface area is 92.7 Å². The van der Waals surface area contributed by atoms with Gasteiger partial charge in [0, 0.05) is 25.9 Å². The van der Waals surface area contributed by atoms with E-state index < -0.39 is 0 Å². The third kappa shape index (κ3) is 2.65. The number of likely N-dealkylation sites (tertiary alicyclic amines) is 1. The van der Waals surface area contributed by atoms with Gasteiger partial charge in [-0.25, -0.2) is 0 Å². The van der Waals surface area contributed by atoms with Gasteiger partial charge in [-0.15, -0.1) is 0 Å². The van der Waals surface area contributed by atoms with E-state index in [1.54, 1.807) is 16.2 Å². The number of hydrogen-bond acceptors (Lipinski definition) is 3. The maximum absolute atomic E-state index is 11.8. The van der Waals surface area contributed by atoms with E-state index in [9.17, 15) is 9.59 Å². The van der Waals surface area contributed by atoms with Gasteiger partial charge in [-0.05, 0) is 22.4 Å². The Bertz CT molecular complexity index is 349. The number of ketones is 1. The van der Waals surface area contributed by atoms with Crippen molar-refractivity contribution in [2.45, 2.75) is 19.3 Å². The van der Waals surface area contributed by atoms with E-state index in [4.69, 9.17) is 0 Å². The number of thiophene rings is 1. The van der Waals surface area contributed by atoms with Crippen molar-refractivity contribution in [3.05, 3.63) is 22.4 Å². The highest BCUT2D eigenvalue weighted by atomic mass is 32.1. The Morgan fingerprint density at radius 3 is 2.73 bits per heavy atom. The van der Waals surface area contributed by atoms with Crippen LogP contribution in [0.15, 0.2) is 16.8 Å². The van der Waals surface area contributed by atoms with Gasteiger partial charge in [0.15, 0.2) is 0 Å². The fraction of sp³-hybridized carbons (Fsp3) is 0.455. The molecule has 0 aromatic carbocycles. The van der Waals surface area contributed by atoms with Crippen LogP contribution in [0.5, 0.6) is 0 Å². The Balaban J connectivity index is 1.89. The van der Waals surface area contributed by atoms with Gasteiger partial charge in [0.25, 0.3) is 0 Å². The number of Topliss-reactive ketones (excluding diaryl/α,β-unsaturated/α-hetero) is 1. The van der Waals surface area contributed by atoms with E-state index in [1.807, 2.05) is 16.8 Å². The lowest BCUT2D eigenvalue weighted by Gasteiger charge is -2.25. The number of nitrogens with zero attached hydrogens (tertiary/aromatic N) is 1. The van der Waals surface area contributed by atoms with Crippen LogP contribution in [-0.4, -0.2) is 29.7 Å². The van der Waals surface area contributed by atoms with Gasteiger partial charge in [-0.1, -0.05) is 0 Å². The topological polar surface area (TPSA) is 37.4 Å². The van der Waals surface area contributed by atoms with Crippen molar-refractivity contribution in [3.63, 3.8) is 0 Å². The van der Waals surface area contributed by atoms with Crippen molar-refractivity contribution in [2.75, 3.05) is 13.1 Å². The molecule has 1 amide bonds. The second kappa shape index (κ2) is 4.57. The molecule has 1 saturated heterocycles. The quantitative estimate of drug-likeness (QED) is 0.761. The molecule has 1 aliphatic rings. The molecule has 1 aliphatic heterocycles. The predicted molar refractivity (Wildman–Crippen MR) is 58.8 cm³/mol. The van der Waals surface area contributed by atoms with Gasteiger partial charge in [0.1, 0.15) is 5.78 Å². The van der Waals surface area contributed by atoms with E-state index in [-0.39, 0.29) is 11.7 Å². The predicted octanol–water partition coefficient (Wildman–Crippen LogP) is 1.48. The summed E-state index contributed by atoms with van der Waals surface area (Å²) in [6, 6.07) is 1.97. The van der Waals surface area contributed by atoms with Crippen LogP contribution in [0, 0.1) is 0 Å². The summed E-state index contributed by atoms with van der Waals surface area (Å²) in [7, 11) is 0. The molecule has 3 nitrogen and oxygen atoms in total. The highest BCUT2D eigenvalue weighted by molar-refractivity contribution is 7.07. The summed E-state index contributed by atoms with van der Waals surface area (Å²) in [6.07, 6.45) is 1.52. The fourth-order valence-corrected chi connectivity index (χ4v) is 2.35. The van der Waals surface area contributed by atoms with Crippen molar-refractivity contribution in [1.29, 1.82) is 0 Å². The van der Waals surface area contributed by atoms with Crippen LogP contribution in [0.1, 0.15) is 18.4 Å². The van der Waals surface area contributed by atoms with Crippen molar-refractivity contribution >= 4 is 23.0 Å². The van der Waals surface area contributed by atoms with Crippen molar-refractivity contribution < 1.29 is 9.59 Å². The van der Waals surface area contributed by atoms with Gasteiger partial charge in [-0.3, -0.25) is 9.59 Å². The molecule has 1 aromatic rings. The molecule has 0 unspecified atom stereocenters. The minimum absolute atomic E-state index is 0.140. The molecule has 2 rings (SSSR count).